The van der Waals surface area contributed by atoms with Gasteiger partial charge in [0.15, 0.2) is 0 Å². The lowest BCUT2D eigenvalue weighted by Crippen LogP contribution is -2.31. The first-order valence-corrected chi connectivity index (χ1v) is 10.3. The third-order valence-corrected chi connectivity index (χ3v) is 5.55. The van der Waals surface area contributed by atoms with Crippen molar-refractivity contribution in [2.75, 3.05) is 0 Å². The number of aromatic nitrogens is 3. The predicted molar refractivity (Wildman–Crippen MR) is 123 cm³/mol. The molecule has 0 radical (unpaired) electrons. The molecule has 31 heavy (non-hydrogen) atoms. The van der Waals surface area contributed by atoms with Gasteiger partial charge < -0.3 is 10.1 Å². The Bertz CT molecular complexity index is 1380. The van der Waals surface area contributed by atoms with Crippen LogP contribution < -0.4 is 11.2 Å². The number of aromatic amines is 2. The normalized spacial score (nSPS) is 12.6. The molecule has 0 saturated heterocycles. The molecule has 0 fully saturated rings. The molecule has 2 aromatic carbocycles. The summed E-state index contributed by atoms with van der Waals surface area (Å²) in [5.74, 6) is -0.507. The van der Waals surface area contributed by atoms with Gasteiger partial charge in [0.05, 0.1) is 16.8 Å². The largest absolute Gasteiger partial charge is 0.493 e. The molecule has 158 valence electrons. The zero-order valence-corrected chi connectivity index (χ0v) is 17.6. The number of aliphatic imine (C=N–C) groups is 1. The average molecular weight is 437 g/mol. The van der Waals surface area contributed by atoms with E-state index in [1.807, 2.05) is 37.4 Å². The zero-order chi connectivity index (χ0) is 22.0. The number of para-hydroxylation sites is 2. The maximum Gasteiger partial charge on any atom is 0.335 e. The molecule has 0 aliphatic rings. The molecule has 0 amide bonds. The average Bonchev–Trinajstić information content (AvgIpc) is 3.16. The summed E-state index contributed by atoms with van der Waals surface area (Å²) in [5.41, 5.74) is 0.853. The summed E-state index contributed by atoms with van der Waals surface area (Å²) in [6.07, 6.45) is 4.69. The van der Waals surface area contributed by atoms with Crippen LogP contribution in [0.4, 0.5) is 0 Å². The van der Waals surface area contributed by atoms with Gasteiger partial charge in [0.1, 0.15) is 5.56 Å². The molecular weight excluding hydrogens is 416 g/mol. The number of nitrogens with zero attached hydrogens (tertiary/aromatic N) is 2. The van der Waals surface area contributed by atoms with E-state index in [1.165, 1.54) is 6.21 Å². The van der Waals surface area contributed by atoms with Crippen LogP contribution in [0, 0.1) is 0 Å². The van der Waals surface area contributed by atoms with Gasteiger partial charge in [-0.3, -0.25) is 14.8 Å². The van der Waals surface area contributed by atoms with Crippen molar-refractivity contribution >= 4 is 28.7 Å². The van der Waals surface area contributed by atoms with Crippen molar-refractivity contribution in [2.45, 2.75) is 25.8 Å². The third-order valence-electron chi connectivity index (χ3n) is 5.23. The SMILES string of the molecule is CCC(Cc1c[nH]c2ccccc12)N=Cc1c(O)n(-c2ccccc2Cl)c(=O)[nH]c1=O. The Kier molecular flexibility index (Phi) is 5.77. The van der Waals surface area contributed by atoms with E-state index in [-0.39, 0.29) is 22.3 Å². The van der Waals surface area contributed by atoms with Gasteiger partial charge in [-0.05, 0) is 36.6 Å². The summed E-state index contributed by atoms with van der Waals surface area (Å²) in [7, 11) is 0. The molecule has 0 bridgehead atoms. The van der Waals surface area contributed by atoms with E-state index in [9.17, 15) is 14.7 Å². The van der Waals surface area contributed by atoms with Crippen molar-refractivity contribution in [1.29, 1.82) is 0 Å². The molecule has 4 aromatic rings. The molecule has 2 aromatic heterocycles. The fourth-order valence-electron chi connectivity index (χ4n) is 3.55. The van der Waals surface area contributed by atoms with Crippen molar-refractivity contribution in [3.8, 4) is 11.6 Å². The van der Waals surface area contributed by atoms with Crippen LogP contribution in [-0.2, 0) is 6.42 Å². The summed E-state index contributed by atoms with van der Waals surface area (Å²) in [5, 5.41) is 12.1. The first-order valence-electron chi connectivity index (χ1n) is 9.91. The maximum atomic E-state index is 12.4. The van der Waals surface area contributed by atoms with E-state index in [1.54, 1.807) is 24.3 Å². The highest BCUT2D eigenvalue weighted by molar-refractivity contribution is 6.32. The number of fused-ring (bicyclic) bond motifs is 1. The van der Waals surface area contributed by atoms with E-state index in [2.05, 4.69) is 15.0 Å². The number of aromatic hydroxyl groups is 1. The number of hydrogen-bond donors (Lipinski definition) is 3. The van der Waals surface area contributed by atoms with Gasteiger partial charge in [-0.15, -0.1) is 0 Å². The molecule has 0 saturated carbocycles. The lowest BCUT2D eigenvalue weighted by molar-refractivity contribution is 0.430. The number of benzene rings is 2. The van der Waals surface area contributed by atoms with E-state index >= 15 is 0 Å². The molecule has 1 unspecified atom stereocenters. The van der Waals surface area contributed by atoms with Crippen LogP contribution in [-0.4, -0.2) is 31.9 Å². The Morgan fingerprint density at radius 2 is 1.90 bits per heavy atom. The Morgan fingerprint density at radius 1 is 1.16 bits per heavy atom. The highest BCUT2D eigenvalue weighted by Gasteiger charge is 2.17. The predicted octanol–water partition coefficient (Wildman–Crippen LogP) is 3.81. The number of H-pyrrole nitrogens is 2. The summed E-state index contributed by atoms with van der Waals surface area (Å²) in [4.78, 5) is 34.7. The Labute approximate surface area is 182 Å². The van der Waals surface area contributed by atoms with Gasteiger partial charge in [0.2, 0.25) is 5.88 Å². The van der Waals surface area contributed by atoms with Crippen LogP contribution in [0.1, 0.15) is 24.5 Å². The minimum absolute atomic E-state index is 0.100. The van der Waals surface area contributed by atoms with Crippen LogP contribution in [0.15, 0.2) is 69.3 Å². The second-order valence-corrected chi connectivity index (χ2v) is 7.59. The minimum atomic E-state index is -0.779. The van der Waals surface area contributed by atoms with Crippen LogP contribution in [0.25, 0.3) is 16.6 Å². The van der Waals surface area contributed by atoms with Crippen LogP contribution in [0.3, 0.4) is 0 Å². The minimum Gasteiger partial charge on any atom is -0.493 e. The van der Waals surface area contributed by atoms with Gasteiger partial charge in [-0.25, -0.2) is 9.36 Å². The van der Waals surface area contributed by atoms with Crippen molar-refractivity contribution in [1.82, 2.24) is 14.5 Å². The van der Waals surface area contributed by atoms with Crippen LogP contribution in [0.2, 0.25) is 5.02 Å². The summed E-state index contributed by atoms with van der Waals surface area (Å²) in [6, 6.07) is 14.5. The van der Waals surface area contributed by atoms with Crippen LogP contribution in [0.5, 0.6) is 5.88 Å². The molecule has 7 nitrogen and oxygen atoms in total. The van der Waals surface area contributed by atoms with Crippen molar-refractivity contribution in [3.63, 3.8) is 0 Å². The quantitative estimate of drug-likeness (QED) is 0.400. The molecule has 8 heteroatoms. The van der Waals surface area contributed by atoms with Gasteiger partial charge in [0.25, 0.3) is 5.56 Å². The van der Waals surface area contributed by atoms with Gasteiger partial charge >= 0.3 is 5.69 Å². The number of halogens is 1. The molecule has 0 spiro atoms. The molecule has 4 rings (SSSR count). The second-order valence-electron chi connectivity index (χ2n) is 7.19. The molecule has 1 atom stereocenters. The highest BCUT2D eigenvalue weighted by atomic mass is 35.5. The summed E-state index contributed by atoms with van der Waals surface area (Å²) >= 11 is 6.17. The lowest BCUT2D eigenvalue weighted by Gasteiger charge is -2.12. The van der Waals surface area contributed by atoms with E-state index < -0.39 is 17.1 Å². The van der Waals surface area contributed by atoms with E-state index in [0.29, 0.717) is 6.42 Å². The van der Waals surface area contributed by atoms with Crippen molar-refractivity contribution in [3.05, 3.63) is 91.7 Å². The smallest absolute Gasteiger partial charge is 0.335 e. The van der Waals surface area contributed by atoms with Gasteiger partial charge in [0, 0.05) is 23.3 Å². The Morgan fingerprint density at radius 3 is 2.68 bits per heavy atom. The van der Waals surface area contributed by atoms with Crippen LogP contribution >= 0.6 is 11.6 Å². The van der Waals surface area contributed by atoms with Crippen molar-refractivity contribution < 1.29 is 5.11 Å². The monoisotopic (exact) mass is 436 g/mol. The molecule has 0 aliphatic heterocycles. The van der Waals surface area contributed by atoms with E-state index in [4.69, 9.17) is 11.6 Å². The van der Waals surface area contributed by atoms with Gasteiger partial charge in [-0.1, -0.05) is 48.9 Å². The fourth-order valence-corrected chi connectivity index (χ4v) is 3.77. The van der Waals surface area contributed by atoms with E-state index in [0.717, 1.165) is 27.5 Å². The number of rotatable bonds is 6. The fraction of sp³-hybridized carbons (Fsp3) is 0.174. The lowest BCUT2D eigenvalue weighted by atomic mass is 10.0. The number of nitrogens with one attached hydrogen (secondary N) is 2. The summed E-state index contributed by atoms with van der Waals surface area (Å²) in [6.45, 7) is 2.01. The maximum absolute atomic E-state index is 12.4. The molecular formula is C23H21ClN4O3. The summed E-state index contributed by atoms with van der Waals surface area (Å²) < 4.78 is 0.964. The van der Waals surface area contributed by atoms with Gasteiger partial charge in [-0.2, -0.15) is 0 Å². The molecule has 2 heterocycles. The number of hydrogen-bond acceptors (Lipinski definition) is 4. The first kappa shape index (κ1) is 20.7. The third kappa shape index (κ3) is 4.04. The highest BCUT2D eigenvalue weighted by Crippen LogP contribution is 2.23. The Balaban J connectivity index is 1.69. The zero-order valence-electron chi connectivity index (χ0n) is 16.8. The molecule has 0 aliphatic carbocycles. The second kappa shape index (κ2) is 8.65. The molecule has 3 N–H and O–H groups in total. The first-order chi connectivity index (χ1) is 15.0. The Hall–Kier alpha value is -3.58. The standard InChI is InChI=1S/C23H21ClN4O3/c1-2-15(11-14-12-26-19-9-5-3-7-16(14)19)25-13-17-21(29)27-23(31)28(22(17)30)20-10-6-4-8-18(20)24/h3-10,12-13,15,26,30H,2,11H2,1H3,(H,27,29,31). The topological polar surface area (TPSA) is 103 Å². The van der Waals surface area contributed by atoms with Crippen molar-refractivity contribution in [2.24, 2.45) is 4.99 Å².